The highest BCUT2D eigenvalue weighted by atomic mass is 28.4. The molecule has 3 rings (SSSR count). The van der Waals surface area contributed by atoms with E-state index in [4.69, 9.17) is 23.4 Å². The zero-order valence-electron chi connectivity index (χ0n) is 24.4. The van der Waals surface area contributed by atoms with E-state index in [1.54, 1.807) is 6.08 Å². The van der Waals surface area contributed by atoms with Crippen LogP contribution >= 0.6 is 0 Å². The SMILES string of the molecule is CC(/C=C/[C@@H]1C[C@]2(CO2)CC(C)(C)O1)=C\CC1OCC(NC(=O)/C=C\[C@H](C)O[Si](C)(C)C(C)(C)C)CO1. The Balaban J connectivity index is 1.36. The first-order chi connectivity index (χ1) is 17.1. The molecule has 8 heteroatoms. The zero-order valence-corrected chi connectivity index (χ0v) is 25.4. The molecule has 210 valence electrons. The van der Waals surface area contributed by atoms with Crippen LogP contribution in [-0.4, -0.2) is 69.8 Å². The van der Waals surface area contributed by atoms with Crippen LogP contribution in [-0.2, 0) is 28.2 Å². The van der Waals surface area contributed by atoms with Crippen molar-refractivity contribution < 1.29 is 28.2 Å². The van der Waals surface area contributed by atoms with Crippen LogP contribution in [0.2, 0.25) is 18.1 Å². The number of amides is 1. The number of epoxide rings is 1. The molecular formula is C29H49NO6Si. The van der Waals surface area contributed by atoms with Crippen molar-refractivity contribution in [2.45, 2.75) is 122 Å². The summed E-state index contributed by atoms with van der Waals surface area (Å²) < 4.78 is 29.9. The molecule has 1 spiro atoms. The molecule has 1 amide bonds. The van der Waals surface area contributed by atoms with Gasteiger partial charge < -0.3 is 28.7 Å². The summed E-state index contributed by atoms with van der Waals surface area (Å²) in [6, 6.07) is -0.168. The lowest BCUT2D eigenvalue weighted by atomic mass is 9.85. The lowest BCUT2D eigenvalue weighted by molar-refractivity contribution is -0.187. The maximum absolute atomic E-state index is 12.4. The fourth-order valence-corrected chi connectivity index (χ4v) is 6.02. The maximum Gasteiger partial charge on any atom is 0.244 e. The topological polar surface area (TPSA) is 78.5 Å². The number of nitrogens with one attached hydrogen (secondary N) is 1. The van der Waals surface area contributed by atoms with E-state index >= 15 is 0 Å². The molecule has 37 heavy (non-hydrogen) atoms. The summed E-state index contributed by atoms with van der Waals surface area (Å²) >= 11 is 0. The Kier molecular flexibility index (Phi) is 9.68. The van der Waals surface area contributed by atoms with Crippen LogP contribution in [0.4, 0.5) is 0 Å². The van der Waals surface area contributed by atoms with Crippen molar-refractivity contribution in [3.05, 3.63) is 36.0 Å². The summed E-state index contributed by atoms with van der Waals surface area (Å²) in [6.45, 7) is 21.1. The molecule has 0 aromatic rings. The minimum absolute atomic E-state index is 0.0245. The molecule has 3 atom stereocenters. The molecule has 0 aromatic heterocycles. The van der Waals surface area contributed by atoms with Gasteiger partial charge in [0, 0.05) is 25.3 Å². The van der Waals surface area contributed by atoms with E-state index in [9.17, 15) is 4.79 Å². The number of hydrogen-bond acceptors (Lipinski definition) is 6. The maximum atomic E-state index is 12.4. The van der Waals surface area contributed by atoms with Gasteiger partial charge in [-0.15, -0.1) is 0 Å². The standard InChI is InChI=1S/C29H49NO6Si/c1-21(10-13-24-16-29(20-34-29)19-28(6,7)35-24)11-15-26-32-17-23(18-33-26)30-25(31)14-12-22(2)36-37(8,9)27(3,4)5/h10-14,22-24,26H,15-20H2,1-9H3,(H,30,31)/b13-10+,14-12-,21-11+/t22-,23?,24+,26?,29+/m0/s1. The second-order valence-corrected chi connectivity index (χ2v) is 17.8. The van der Waals surface area contributed by atoms with Crippen molar-refractivity contribution >= 4 is 14.2 Å². The summed E-state index contributed by atoms with van der Waals surface area (Å²) in [4.78, 5) is 12.4. The summed E-state index contributed by atoms with van der Waals surface area (Å²) in [5, 5.41) is 3.09. The number of carbonyl (C=O) groups excluding carboxylic acids is 1. The first kappa shape index (κ1) is 30.3. The Morgan fingerprint density at radius 1 is 1.19 bits per heavy atom. The average molecular weight is 536 g/mol. The molecule has 0 aromatic carbocycles. The number of ether oxygens (including phenoxy) is 4. The van der Waals surface area contributed by atoms with Crippen LogP contribution in [0.3, 0.4) is 0 Å². The van der Waals surface area contributed by atoms with Crippen LogP contribution in [0, 0.1) is 0 Å². The lowest BCUT2D eigenvalue weighted by Gasteiger charge is -2.38. The first-order valence-corrected chi connectivity index (χ1v) is 16.6. The van der Waals surface area contributed by atoms with Gasteiger partial charge in [-0.3, -0.25) is 4.79 Å². The largest absolute Gasteiger partial charge is 0.411 e. The number of carbonyl (C=O) groups is 1. The minimum atomic E-state index is -1.87. The molecule has 0 bridgehead atoms. The predicted octanol–water partition coefficient (Wildman–Crippen LogP) is 5.43. The third kappa shape index (κ3) is 9.44. The molecule has 3 saturated heterocycles. The highest BCUT2D eigenvalue weighted by Crippen LogP contribution is 2.46. The summed E-state index contributed by atoms with van der Waals surface area (Å²) in [5.41, 5.74) is 1.000. The lowest BCUT2D eigenvalue weighted by Crippen LogP contribution is -2.46. The number of rotatable bonds is 9. The van der Waals surface area contributed by atoms with Crippen LogP contribution in [0.5, 0.6) is 0 Å². The summed E-state index contributed by atoms with van der Waals surface area (Å²) in [5.74, 6) is -0.159. The van der Waals surface area contributed by atoms with E-state index in [0.29, 0.717) is 19.6 Å². The van der Waals surface area contributed by atoms with E-state index in [1.165, 1.54) is 0 Å². The predicted molar refractivity (Wildman–Crippen MR) is 149 cm³/mol. The van der Waals surface area contributed by atoms with Crippen molar-refractivity contribution in [1.82, 2.24) is 5.32 Å². The molecule has 7 nitrogen and oxygen atoms in total. The first-order valence-electron chi connectivity index (χ1n) is 13.6. The molecule has 3 aliphatic heterocycles. The minimum Gasteiger partial charge on any atom is -0.411 e. The van der Waals surface area contributed by atoms with Gasteiger partial charge in [0.05, 0.1) is 49.3 Å². The van der Waals surface area contributed by atoms with Crippen LogP contribution in [0.1, 0.15) is 67.7 Å². The van der Waals surface area contributed by atoms with Crippen LogP contribution in [0.15, 0.2) is 36.0 Å². The fraction of sp³-hybridized carbons (Fsp3) is 0.759. The quantitative estimate of drug-likeness (QED) is 0.184. The van der Waals surface area contributed by atoms with Gasteiger partial charge in [-0.1, -0.05) is 50.6 Å². The van der Waals surface area contributed by atoms with Crippen molar-refractivity contribution in [1.29, 1.82) is 0 Å². The summed E-state index contributed by atoms with van der Waals surface area (Å²) in [6.07, 6.45) is 11.9. The average Bonchev–Trinajstić information content (AvgIpc) is 3.51. The molecule has 3 aliphatic rings. The molecule has 0 aliphatic carbocycles. The van der Waals surface area contributed by atoms with Gasteiger partial charge in [0.25, 0.3) is 0 Å². The van der Waals surface area contributed by atoms with Crippen molar-refractivity contribution in [2.75, 3.05) is 19.8 Å². The third-order valence-electron chi connectivity index (χ3n) is 7.67. The Labute approximate surface area is 225 Å². The number of hydrogen-bond donors (Lipinski definition) is 1. The van der Waals surface area contributed by atoms with Gasteiger partial charge in [0.1, 0.15) is 0 Å². The monoisotopic (exact) mass is 535 g/mol. The van der Waals surface area contributed by atoms with Gasteiger partial charge in [-0.05, 0) is 45.8 Å². The van der Waals surface area contributed by atoms with E-state index in [0.717, 1.165) is 25.0 Å². The van der Waals surface area contributed by atoms with E-state index < -0.39 is 8.32 Å². The summed E-state index contributed by atoms with van der Waals surface area (Å²) in [7, 11) is -1.87. The molecule has 0 radical (unpaired) electrons. The van der Waals surface area contributed by atoms with Gasteiger partial charge in [-0.2, -0.15) is 0 Å². The fourth-order valence-electron chi connectivity index (χ4n) is 4.66. The van der Waals surface area contributed by atoms with Crippen molar-refractivity contribution in [3.63, 3.8) is 0 Å². The van der Waals surface area contributed by atoms with Gasteiger partial charge in [0.2, 0.25) is 5.91 Å². The highest BCUT2D eigenvalue weighted by Gasteiger charge is 2.53. The van der Waals surface area contributed by atoms with E-state index in [1.807, 2.05) is 13.0 Å². The normalized spacial score (nSPS) is 31.7. The van der Waals surface area contributed by atoms with Crippen LogP contribution < -0.4 is 5.32 Å². The Bertz CT molecular complexity index is 869. The van der Waals surface area contributed by atoms with Crippen molar-refractivity contribution in [3.8, 4) is 0 Å². The van der Waals surface area contributed by atoms with E-state index in [-0.39, 0.29) is 46.7 Å². The van der Waals surface area contributed by atoms with E-state index in [2.05, 4.69) is 78.2 Å². The number of allylic oxidation sites excluding steroid dienone is 2. The van der Waals surface area contributed by atoms with Gasteiger partial charge >= 0.3 is 0 Å². The van der Waals surface area contributed by atoms with Crippen molar-refractivity contribution in [2.24, 2.45) is 0 Å². The second-order valence-electron chi connectivity index (χ2n) is 13.1. The molecular weight excluding hydrogens is 486 g/mol. The Morgan fingerprint density at radius 2 is 1.84 bits per heavy atom. The molecule has 0 saturated carbocycles. The third-order valence-corrected chi connectivity index (χ3v) is 12.2. The Hall–Kier alpha value is -1.29. The Morgan fingerprint density at radius 3 is 2.43 bits per heavy atom. The van der Waals surface area contributed by atoms with Gasteiger partial charge in [-0.25, -0.2) is 0 Å². The molecule has 3 fully saturated rings. The smallest absolute Gasteiger partial charge is 0.244 e. The second kappa shape index (κ2) is 11.8. The molecule has 3 heterocycles. The van der Waals surface area contributed by atoms with Gasteiger partial charge in [0.15, 0.2) is 14.6 Å². The van der Waals surface area contributed by atoms with Crippen LogP contribution in [0.25, 0.3) is 0 Å². The highest BCUT2D eigenvalue weighted by molar-refractivity contribution is 6.74. The zero-order chi connectivity index (χ0) is 27.5. The molecule has 1 N–H and O–H groups in total. The molecule has 0 unspecified atom stereocenters.